The van der Waals surface area contributed by atoms with Crippen LogP contribution in [0.15, 0.2) is 47.1 Å². The summed E-state index contributed by atoms with van der Waals surface area (Å²) in [6.45, 7) is -0.0730. The van der Waals surface area contributed by atoms with Gasteiger partial charge in [-0.25, -0.2) is 0 Å². The third-order valence-corrected chi connectivity index (χ3v) is 2.40. The van der Waals surface area contributed by atoms with Crippen molar-refractivity contribution >= 4 is 0 Å². The monoisotopic (exact) mass is 213 g/mol. The second-order valence-corrected chi connectivity index (χ2v) is 3.49. The number of aliphatic hydroxyl groups is 1. The van der Waals surface area contributed by atoms with Crippen LogP contribution >= 0.6 is 0 Å². The topological polar surface area (TPSA) is 57.2 Å². The van der Waals surface area contributed by atoms with Crippen molar-refractivity contribution in [3.63, 3.8) is 0 Å². The quantitative estimate of drug-likeness (QED) is 0.851. The van der Waals surface area contributed by atoms with Crippen LogP contribution in [0.25, 0.3) is 0 Å². The van der Waals surface area contributed by atoms with Crippen LogP contribution in [-0.4, -0.2) is 5.11 Å². The molecule has 1 aromatic heterocycles. The number of hydrogen-bond acceptors (Lipinski definition) is 3. The third-order valence-electron chi connectivity index (χ3n) is 2.40. The molecule has 0 amide bonds. The van der Waals surface area contributed by atoms with Gasteiger partial charge in [-0.05, 0) is 11.6 Å². The van der Waals surface area contributed by atoms with E-state index in [1.54, 1.807) is 6.07 Å². The number of nitriles is 1. The van der Waals surface area contributed by atoms with Gasteiger partial charge in [0.1, 0.15) is 11.7 Å². The summed E-state index contributed by atoms with van der Waals surface area (Å²) in [5.41, 5.74) is 1.58. The van der Waals surface area contributed by atoms with E-state index in [0.717, 1.165) is 5.56 Å². The molecular weight excluding hydrogens is 202 g/mol. The fraction of sp³-hybridized carbons (Fsp3) is 0.154. The zero-order valence-electron chi connectivity index (χ0n) is 8.63. The molecule has 0 bridgehead atoms. The summed E-state index contributed by atoms with van der Waals surface area (Å²) in [5.74, 6) is 0.152. The normalized spacial score (nSPS) is 12.0. The molecule has 0 saturated carbocycles. The molecule has 0 spiro atoms. The number of rotatable bonds is 3. The highest BCUT2D eigenvalue weighted by molar-refractivity contribution is 5.34. The van der Waals surface area contributed by atoms with E-state index >= 15 is 0 Å². The van der Waals surface area contributed by atoms with Gasteiger partial charge < -0.3 is 9.52 Å². The first-order chi connectivity index (χ1) is 7.85. The van der Waals surface area contributed by atoms with Crippen LogP contribution in [0.1, 0.15) is 22.8 Å². The Morgan fingerprint density at radius 2 is 2.06 bits per heavy atom. The first-order valence-corrected chi connectivity index (χ1v) is 4.98. The van der Waals surface area contributed by atoms with Gasteiger partial charge >= 0.3 is 0 Å². The highest BCUT2D eigenvalue weighted by Gasteiger charge is 2.16. The van der Waals surface area contributed by atoms with E-state index in [2.05, 4.69) is 6.07 Å². The summed E-state index contributed by atoms with van der Waals surface area (Å²) in [7, 11) is 0. The van der Waals surface area contributed by atoms with Gasteiger partial charge in [-0.2, -0.15) is 5.26 Å². The molecule has 0 aliphatic rings. The largest absolute Gasteiger partial charge is 0.467 e. The molecule has 0 aliphatic heterocycles. The van der Waals surface area contributed by atoms with Gasteiger partial charge in [0.2, 0.25) is 0 Å². The lowest BCUT2D eigenvalue weighted by Gasteiger charge is -2.05. The lowest BCUT2D eigenvalue weighted by Crippen LogP contribution is -1.95. The van der Waals surface area contributed by atoms with Gasteiger partial charge in [0.25, 0.3) is 0 Å². The Bertz CT molecular complexity index is 496. The van der Waals surface area contributed by atoms with Gasteiger partial charge in [-0.1, -0.05) is 30.3 Å². The number of hydrogen-bond donors (Lipinski definition) is 1. The molecule has 0 saturated heterocycles. The molecule has 3 heteroatoms. The first kappa shape index (κ1) is 10.5. The second kappa shape index (κ2) is 4.65. The Balaban J connectivity index is 2.34. The Morgan fingerprint density at radius 1 is 1.31 bits per heavy atom. The number of furan rings is 1. The summed E-state index contributed by atoms with van der Waals surface area (Å²) in [6.07, 6.45) is 1.47. The molecule has 1 aromatic carbocycles. The maximum atomic E-state index is 9.14. The maximum Gasteiger partial charge on any atom is 0.129 e. The van der Waals surface area contributed by atoms with Crippen molar-refractivity contribution in [2.45, 2.75) is 12.5 Å². The fourth-order valence-corrected chi connectivity index (χ4v) is 1.58. The van der Waals surface area contributed by atoms with Crippen LogP contribution in [0.5, 0.6) is 0 Å². The molecule has 1 N–H and O–H groups in total. The summed E-state index contributed by atoms with van der Waals surface area (Å²) >= 11 is 0. The molecule has 2 rings (SSSR count). The number of benzene rings is 1. The molecule has 0 fully saturated rings. The zero-order chi connectivity index (χ0) is 11.4. The van der Waals surface area contributed by atoms with E-state index in [1.165, 1.54) is 6.26 Å². The second-order valence-electron chi connectivity index (χ2n) is 3.49. The Labute approximate surface area is 93.6 Å². The zero-order valence-corrected chi connectivity index (χ0v) is 8.63. The Hall–Kier alpha value is -2.05. The molecule has 1 atom stereocenters. The molecule has 0 radical (unpaired) electrons. The van der Waals surface area contributed by atoms with E-state index in [1.807, 2.05) is 30.3 Å². The fourth-order valence-electron chi connectivity index (χ4n) is 1.58. The molecule has 2 aromatic rings. The molecular formula is C13H11NO2. The molecule has 1 heterocycles. The van der Waals surface area contributed by atoms with Gasteiger partial charge in [-0.3, -0.25) is 0 Å². The van der Waals surface area contributed by atoms with Crippen molar-refractivity contribution in [1.82, 2.24) is 0 Å². The van der Waals surface area contributed by atoms with Gasteiger partial charge in [0.15, 0.2) is 0 Å². The highest BCUT2D eigenvalue weighted by Crippen LogP contribution is 2.25. The minimum atomic E-state index is -0.415. The lowest BCUT2D eigenvalue weighted by molar-refractivity contribution is 0.280. The van der Waals surface area contributed by atoms with Crippen LogP contribution in [0.4, 0.5) is 0 Å². The predicted octanol–water partition coefficient (Wildman–Crippen LogP) is 2.43. The van der Waals surface area contributed by atoms with E-state index in [-0.39, 0.29) is 6.61 Å². The van der Waals surface area contributed by atoms with E-state index in [0.29, 0.717) is 11.3 Å². The third kappa shape index (κ3) is 1.97. The first-order valence-electron chi connectivity index (χ1n) is 4.98. The van der Waals surface area contributed by atoms with Crippen molar-refractivity contribution < 1.29 is 9.52 Å². The smallest absolute Gasteiger partial charge is 0.129 e. The average molecular weight is 213 g/mol. The van der Waals surface area contributed by atoms with E-state index < -0.39 is 5.92 Å². The molecule has 16 heavy (non-hydrogen) atoms. The predicted molar refractivity (Wildman–Crippen MR) is 58.5 cm³/mol. The number of aliphatic hydroxyl groups excluding tert-OH is 1. The average Bonchev–Trinajstić information content (AvgIpc) is 2.80. The highest BCUT2D eigenvalue weighted by atomic mass is 16.3. The summed E-state index contributed by atoms with van der Waals surface area (Å²) in [5, 5.41) is 18.1. The van der Waals surface area contributed by atoms with Crippen molar-refractivity contribution in [2.24, 2.45) is 0 Å². The van der Waals surface area contributed by atoms with Crippen LogP contribution in [-0.2, 0) is 6.61 Å². The van der Waals surface area contributed by atoms with Crippen LogP contribution in [0.3, 0.4) is 0 Å². The summed E-state index contributed by atoms with van der Waals surface area (Å²) in [6, 6.07) is 13.3. The van der Waals surface area contributed by atoms with Crippen LogP contribution in [0, 0.1) is 11.3 Å². The lowest BCUT2D eigenvalue weighted by atomic mass is 9.98. The minimum absolute atomic E-state index is 0.0730. The standard InChI is InChI=1S/C13H11NO2/c14-7-12(11-4-2-1-3-5-11)13-6-10(8-15)9-16-13/h1-6,9,12,15H,8H2. The van der Waals surface area contributed by atoms with E-state index in [9.17, 15) is 0 Å². The molecule has 0 aliphatic carbocycles. The summed E-state index contributed by atoms with van der Waals surface area (Å²) < 4.78 is 5.28. The number of nitrogens with zero attached hydrogens (tertiary/aromatic N) is 1. The Morgan fingerprint density at radius 3 is 2.62 bits per heavy atom. The van der Waals surface area contributed by atoms with Crippen molar-refractivity contribution in [3.8, 4) is 6.07 Å². The van der Waals surface area contributed by atoms with Crippen molar-refractivity contribution in [1.29, 1.82) is 5.26 Å². The maximum absolute atomic E-state index is 9.14. The SMILES string of the molecule is N#CC(c1ccccc1)c1cc(CO)co1. The van der Waals surface area contributed by atoms with Crippen LogP contribution in [0.2, 0.25) is 0 Å². The van der Waals surface area contributed by atoms with Crippen molar-refractivity contribution in [3.05, 3.63) is 59.5 Å². The molecule has 3 nitrogen and oxygen atoms in total. The van der Waals surface area contributed by atoms with Crippen LogP contribution < -0.4 is 0 Å². The summed E-state index contributed by atoms with van der Waals surface area (Å²) in [4.78, 5) is 0. The van der Waals surface area contributed by atoms with E-state index in [4.69, 9.17) is 14.8 Å². The minimum Gasteiger partial charge on any atom is -0.467 e. The molecule has 1 unspecified atom stereocenters. The molecule has 80 valence electrons. The van der Waals surface area contributed by atoms with Gasteiger partial charge in [-0.15, -0.1) is 0 Å². The van der Waals surface area contributed by atoms with Gasteiger partial charge in [0, 0.05) is 5.56 Å². The van der Waals surface area contributed by atoms with Crippen molar-refractivity contribution in [2.75, 3.05) is 0 Å². The Kier molecular flexibility index (Phi) is 3.04. The van der Waals surface area contributed by atoms with Gasteiger partial charge in [0.05, 0.1) is 18.9 Å².